The van der Waals surface area contributed by atoms with Gasteiger partial charge in [0.05, 0.1) is 21.0 Å². The maximum Gasteiger partial charge on any atom is 0.152 e. The van der Waals surface area contributed by atoms with Crippen LogP contribution < -0.4 is 5.32 Å². The van der Waals surface area contributed by atoms with Crippen molar-refractivity contribution < 1.29 is 8.42 Å². The van der Waals surface area contributed by atoms with Crippen LogP contribution in [-0.4, -0.2) is 26.0 Å². The molecule has 0 radical (unpaired) electrons. The van der Waals surface area contributed by atoms with Gasteiger partial charge < -0.3 is 5.32 Å². The first-order valence-corrected chi connectivity index (χ1v) is 9.39. The third-order valence-electron chi connectivity index (χ3n) is 3.34. The van der Waals surface area contributed by atoms with Crippen LogP contribution in [-0.2, 0) is 9.84 Å². The average Bonchev–Trinajstić information content (AvgIpc) is 2.70. The lowest BCUT2D eigenvalue weighted by atomic mass is 10.2. The standard InChI is InChI=1S/C12H14BrCl2NO2S/c1-19(17,18)11-4-2-3-10(11)16-12-8(14)5-7(13)6-9(12)15/h5-6,10-11,16H,2-4H2,1H3. The molecule has 1 aliphatic carbocycles. The summed E-state index contributed by atoms with van der Waals surface area (Å²) in [7, 11) is -3.06. The molecular weight excluding hydrogens is 373 g/mol. The van der Waals surface area contributed by atoms with E-state index in [4.69, 9.17) is 23.2 Å². The average molecular weight is 387 g/mol. The van der Waals surface area contributed by atoms with Gasteiger partial charge >= 0.3 is 0 Å². The zero-order valence-corrected chi connectivity index (χ0v) is 14.2. The molecule has 0 heterocycles. The van der Waals surface area contributed by atoms with Gasteiger partial charge in [-0.2, -0.15) is 0 Å². The fourth-order valence-corrected chi connectivity index (χ4v) is 5.18. The lowest BCUT2D eigenvalue weighted by molar-refractivity contribution is 0.579. The van der Waals surface area contributed by atoms with Gasteiger partial charge in [0.15, 0.2) is 9.84 Å². The normalized spacial score (nSPS) is 23.6. The first kappa shape index (κ1) is 15.4. The number of halogens is 3. The van der Waals surface area contributed by atoms with Crippen LogP contribution in [0, 0.1) is 0 Å². The predicted molar refractivity (Wildman–Crippen MR) is 84.1 cm³/mol. The summed E-state index contributed by atoms with van der Waals surface area (Å²) in [6.45, 7) is 0. The third kappa shape index (κ3) is 3.57. The van der Waals surface area contributed by atoms with E-state index in [9.17, 15) is 8.42 Å². The SMILES string of the molecule is CS(=O)(=O)C1CCCC1Nc1c(Cl)cc(Br)cc1Cl. The zero-order chi connectivity index (χ0) is 14.2. The Balaban J connectivity index is 2.27. The number of sulfone groups is 1. The van der Waals surface area contributed by atoms with E-state index < -0.39 is 9.84 Å². The minimum absolute atomic E-state index is 0.133. The zero-order valence-electron chi connectivity index (χ0n) is 10.3. The summed E-state index contributed by atoms with van der Waals surface area (Å²) in [5.41, 5.74) is 0.604. The number of hydrogen-bond donors (Lipinski definition) is 1. The number of hydrogen-bond acceptors (Lipinski definition) is 3. The van der Waals surface area contributed by atoms with Gasteiger partial charge in [-0.15, -0.1) is 0 Å². The molecule has 2 rings (SSSR count). The van der Waals surface area contributed by atoms with Crippen LogP contribution in [0.4, 0.5) is 5.69 Å². The Labute approximate surface area is 131 Å². The van der Waals surface area contributed by atoms with Gasteiger partial charge in [-0.3, -0.25) is 0 Å². The summed E-state index contributed by atoms with van der Waals surface area (Å²) in [5, 5.41) is 3.79. The molecule has 1 aliphatic rings. The van der Waals surface area contributed by atoms with Gasteiger partial charge in [0.2, 0.25) is 0 Å². The maximum atomic E-state index is 11.7. The number of benzene rings is 1. The van der Waals surface area contributed by atoms with Gasteiger partial charge in [0.1, 0.15) is 0 Å². The predicted octanol–water partition coefficient (Wildman–Crippen LogP) is 4.13. The highest BCUT2D eigenvalue weighted by atomic mass is 79.9. The van der Waals surface area contributed by atoms with Crippen LogP contribution in [0.15, 0.2) is 16.6 Å². The molecule has 7 heteroatoms. The van der Waals surface area contributed by atoms with Gasteiger partial charge in [-0.1, -0.05) is 39.1 Å². The molecule has 0 saturated heterocycles. The summed E-state index contributed by atoms with van der Waals surface area (Å²) in [4.78, 5) is 0. The molecule has 1 aromatic rings. The molecule has 0 aromatic heterocycles. The van der Waals surface area contributed by atoms with Crippen LogP contribution in [0.25, 0.3) is 0 Å². The van der Waals surface area contributed by atoms with Gasteiger partial charge in [0, 0.05) is 16.8 Å². The monoisotopic (exact) mass is 385 g/mol. The highest BCUT2D eigenvalue weighted by Crippen LogP contribution is 2.37. The van der Waals surface area contributed by atoms with Crippen LogP contribution in [0.3, 0.4) is 0 Å². The van der Waals surface area contributed by atoms with Crippen molar-refractivity contribution in [2.24, 2.45) is 0 Å². The van der Waals surface area contributed by atoms with Gasteiger partial charge in [-0.25, -0.2) is 8.42 Å². The van der Waals surface area contributed by atoms with Crippen molar-refractivity contribution >= 4 is 54.7 Å². The Morgan fingerprint density at radius 3 is 2.37 bits per heavy atom. The van der Waals surface area contributed by atoms with Gasteiger partial charge in [-0.05, 0) is 31.4 Å². The Morgan fingerprint density at radius 2 is 1.84 bits per heavy atom. The fourth-order valence-electron chi connectivity index (χ4n) is 2.47. The smallest absolute Gasteiger partial charge is 0.152 e. The van der Waals surface area contributed by atoms with Crippen LogP contribution in [0.1, 0.15) is 19.3 Å². The van der Waals surface area contributed by atoms with Crippen molar-refractivity contribution in [1.29, 1.82) is 0 Å². The lowest BCUT2D eigenvalue weighted by Gasteiger charge is -2.22. The van der Waals surface area contributed by atoms with Gasteiger partial charge in [0.25, 0.3) is 0 Å². The first-order valence-electron chi connectivity index (χ1n) is 5.89. The summed E-state index contributed by atoms with van der Waals surface area (Å²) < 4.78 is 24.3. The number of rotatable bonds is 3. The molecule has 0 bridgehead atoms. The van der Waals surface area contributed by atoms with E-state index in [0.29, 0.717) is 22.2 Å². The highest BCUT2D eigenvalue weighted by Gasteiger charge is 2.35. The number of anilines is 1. The molecule has 2 unspecified atom stereocenters. The molecule has 1 aromatic carbocycles. The Bertz CT molecular complexity index is 568. The minimum atomic E-state index is -3.06. The van der Waals surface area contributed by atoms with E-state index in [1.165, 1.54) is 6.26 Å². The fraction of sp³-hybridized carbons (Fsp3) is 0.500. The summed E-state index contributed by atoms with van der Waals surface area (Å²) >= 11 is 15.6. The van der Waals surface area contributed by atoms with E-state index in [1.807, 2.05) is 0 Å². The summed E-state index contributed by atoms with van der Waals surface area (Å²) in [6, 6.07) is 3.34. The summed E-state index contributed by atoms with van der Waals surface area (Å²) in [5.74, 6) is 0. The Morgan fingerprint density at radius 1 is 1.26 bits per heavy atom. The molecule has 2 atom stereocenters. The molecular formula is C12H14BrCl2NO2S. The second-order valence-corrected chi connectivity index (χ2v) is 8.79. The topological polar surface area (TPSA) is 46.2 Å². The Hall–Kier alpha value is 0.0300. The lowest BCUT2D eigenvalue weighted by Crippen LogP contribution is -2.34. The van der Waals surface area contributed by atoms with Crippen molar-refractivity contribution in [3.8, 4) is 0 Å². The van der Waals surface area contributed by atoms with E-state index in [-0.39, 0.29) is 11.3 Å². The quantitative estimate of drug-likeness (QED) is 0.849. The molecule has 0 aliphatic heterocycles. The largest absolute Gasteiger partial charge is 0.379 e. The van der Waals surface area contributed by atoms with Crippen molar-refractivity contribution in [3.05, 3.63) is 26.7 Å². The molecule has 106 valence electrons. The molecule has 0 amide bonds. The molecule has 1 saturated carbocycles. The van der Waals surface area contributed by atoms with E-state index >= 15 is 0 Å². The number of nitrogens with one attached hydrogen (secondary N) is 1. The van der Waals surface area contributed by atoms with E-state index in [1.54, 1.807) is 12.1 Å². The van der Waals surface area contributed by atoms with Crippen molar-refractivity contribution in [2.45, 2.75) is 30.6 Å². The van der Waals surface area contributed by atoms with Crippen LogP contribution in [0.5, 0.6) is 0 Å². The first-order chi connectivity index (χ1) is 8.79. The summed E-state index contributed by atoms with van der Waals surface area (Å²) in [6.07, 6.45) is 3.66. The second-order valence-electron chi connectivity index (χ2n) is 4.79. The molecule has 3 nitrogen and oxygen atoms in total. The van der Waals surface area contributed by atoms with Crippen molar-refractivity contribution in [3.63, 3.8) is 0 Å². The molecule has 0 spiro atoms. The highest BCUT2D eigenvalue weighted by molar-refractivity contribution is 9.10. The molecule has 19 heavy (non-hydrogen) atoms. The molecule has 1 fully saturated rings. The third-order valence-corrected chi connectivity index (χ3v) is 6.06. The van der Waals surface area contributed by atoms with E-state index in [0.717, 1.165) is 17.3 Å². The maximum absolute atomic E-state index is 11.7. The van der Waals surface area contributed by atoms with E-state index in [2.05, 4.69) is 21.2 Å². The minimum Gasteiger partial charge on any atom is -0.379 e. The van der Waals surface area contributed by atoms with Crippen molar-refractivity contribution in [2.75, 3.05) is 11.6 Å². The van der Waals surface area contributed by atoms with Crippen molar-refractivity contribution in [1.82, 2.24) is 0 Å². The Kier molecular flexibility index (Phi) is 4.71. The molecule has 1 N–H and O–H groups in total. The van der Waals surface area contributed by atoms with Crippen LogP contribution in [0.2, 0.25) is 10.0 Å². The second kappa shape index (κ2) is 5.80. The van der Waals surface area contributed by atoms with Crippen LogP contribution >= 0.6 is 39.1 Å².